The summed E-state index contributed by atoms with van der Waals surface area (Å²) in [6, 6.07) is 8.65. The molecule has 0 bridgehead atoms. The summed E-state index contributed by atoms with van der Waals surface area (Å²) in [6.07, 6.45) is 1.15. The number of benzene rings is 1. The van der Waals surface area contributed by atoms with Crippen LogP contribution in [0.2, 0.25) is 0 Å². The molecule has 0 unspecified atom stereocenters. The van der Waals surface area contributed by atoms with Crippen molar-refractivity contribution in [1.82, 2.24) is 0 Å². The number of halogens is 2. The summed E-state index contributed by atoms with van der Waals surface area (Å²) in [7, 11) is 9.78. The van der Waals surface area contributed by atoms with Crippen molar-refractivity contribution in [1.29, 1.82) is 0 Å². The summed E-state index contributed by atoms with van der Waals surface area (Å²) in [5.41, 5.74) is 5.93. The van der Waals surface area contributed by atoms with Gasteiger partial charge in [-0.3, -0.25) is 0 Å². The van der Waals surface area contributed by atoms with Gasteiger partial charge in [0.1, 0.15) is 0 Å². The van der Waals surface area contributed by atoms with Crippen molar-refractivity contribution in [3.63, 3.8) is 0 Å². The van der Waals surface area contributed by atoms with Crippen LogP contribution in [0.25, 0.3) is 5.57 Å². The fourth-order valence-corrected chi connectivity index (χ4v) is 1.69. The molecule has 2 rings (SSSR count). The SMILES string of the molecule is CC1=C(C)c2ccccc2C1.[Cl][Ti][Cl]. The molecule has 1 aliphatic rings. The Hall–Kier alpha value is 0.254. The van der Waals surface area contributed by atoms with Crippen LogP contribution in [0.15, 0.2) is 29.8 Å². The average molecular weight is 263 g/mol. The van der Waals surface area contributed by atoms with Crippen molar-refractivity contribution in [3.8, 4) is 0 Å². The Balaban J connectivity index is 0.000000293. The van der Waals surface area contributed by atoms with Crippen molar-refractivity contribution in [3.05, 3.63) is 41.0 Å². The fourth-order valence-electron chi connectivity index (χ4n) is 1.69. The second kappa shape index (κ2) is 5.97. The Bertz CT molecular complexity index is 345. The van der Waals surface area contributed by atoms with Gasteiger partial charge in [0.05, 0.1) is 0 Å². The maximum absolute atomic E-state index is 4.89. The first-order valence-corrected chi connectivity index (χ1v) is 8.71. The van der Waals surface area contributed by atoms with E-state index >= 15 is 0 Å². The molecular formula is C11H12Cl2Ti. The topological polar surface area (TPSA) is 0 Å². The van der Waals surface area contributed by atoms with Gasteiger partial charge in [-0.15, -0.1) is 0 Å². The van der Waals surface area contributed by atoms with Crippen LogP contribution < -0.4 is 0 Å². The first-order valence-electron chi connectivity index (χ1n) is 4.41. The van der Waals surface area contributed by atoms with Gasteiger partial charge in [0, 0.05) is 0 Å². The van der Waals surface area contributed by atoms with Crippen LogP contribution in [-0.2, 0) is 23.5 Å². The predicted molar refractivity (Wildman–Crippen MR) is 60.1 cm³/mol. The van der Waals surface area contributed by atoms with Crippen LogP contribution in [0.1, 0.15) is 25.0 Å². The third-order valence-corrected chi connectivity index (χ3v) is 2.52. The summed E-state index contributed by atoms with van der Waals surface area (Å²) in [5.74, 6) is 0. The second-order valence-corrected chi connectivity index (χ2v) is 5.89. The number of rotatable bonds is 0. The Morgan fingerprint density at radius 1 is 1.14 bits per heavy atom. The van der Waals surface area contributed by atoms with Gasteiger partial charge < -0.3 is 0 Å². The molecule has 14 heavy (non-hydrogen) atoms. The third-order valence-electron chi connectivity index (χ3n) is 2.52. The molecule has 0 nitrogen and oxygen atoms in total. The zero-order valence-electron chi connectivity index (χ0n) is 8.27. The summed E-state index contributed by atoms with van der Waals surface area (Å²) in [5, 5.41) is 0. The van der Waals surface area contributed by atoms with E-state index in [-0.39, 0.29) is 0 Å². The van der Waals surface area contributed by atoms with E-state index in [9.17, 15) is 0 Å². The Morgan fingerprint density at radius 2 is 1.71 bits per heavy atom. The van der Waals surface area contributed by atoms with Crippen LogP contribution in [0, 0.1) is 0 Å². The van der Waals surface area contributed by atoms with E-state index < -0.39 is 17.0 Å². The van der Waals surface area contributed by atoms with E-state index in [4.69, 9.17) is 18.6 Å². The number of hydrogen-bond acceptors (Lipinski definition) is 0. The Kier molecular flexibility index (Phi) is 5.26. The van der Waals surface area contributed by atoms with Crippen LogP contribution in [0.3, 0.4) is 0 Å². The van der Waals surface area contributed by atoms with Gasteiger partial charge >= 0.3 is 35.6 Å². The van der Waals surface area contributed by atoms with Gasteiger partial charge in [0.25, 0.3) is 0 Å². The molecule has 0 aromatic heterocycles. The molecule has 74 valence electrons. The van der Waals surface area contributed by atoms with E-state index in [2.05, 4.69) is 38.1 Å². The van der Waals surface area contributed by atoms with Crippen molar-refractivity contribution in [2.75, 3.05) is 0 Å². The number of hydrogen-bond donors (Lipinski definition) is 0. The molecule has 1 aromatic rings. The third kappa shape index (κ3) is 2.87. The van der Waals surface area contributed by atoms with E-state index in [1.165, 1.54) is 22.3 Å². The van der Waals surface area contributed by atoms with Gasteiger partial charge in [-0.05, 0) is 37.0 Å². The first kappa shape index (κ1) is 12.3. The zero-order chi connectivity index (χ0) is 10.6. The molecule has 0 spiro atoms. The monoisotopic (exact) mass is 262 g/mol. The normalized spacial score (nSPS) is 13.1. The minimum atomic E-state index is -0.556. The van der Waals surface area contributed by atoms with E-state index in [1.807, 2.05) is 0 Å². The molecule has 0 radical (unpaired) electrons. The average Bonchev–Trinajstić information content (AvgIpc) is 2.45. The molecule has 0 atom stereocenters. The number of fused-ring (bicyclic) bond motifs is 1. The summed E-state index contributed by atoms with van der Waals surface area (Å²) >= 11 is -0.556. The van der Waals surface area contributed by atoms with Gasteiger partial charge in [0.15, 0.2) is 0 Å². The quantitative estimate of drug-likeness (QED) is 0.608. The summed E-state index contributed by atoms with van der Waals surface area (Å²) in [6.45, 7) is 4.43. The molecule has 1 aliphatic carbocycles. The van der Waals surface area contributed by atoms with Crippen LogP contribution >= 0.6 is 18.6 Å². The van der Waals surface area contributed by atoms with E-state index in [0.717, 1.165) is 6.42 Å². The molecular weight excluding hydrogens is 251 g/mol. The van der Waals surface area contributed by atoms with Gasteiger partial charge in [-0.2, -0.15) is 0 Å². The molecule has 0 N–H and O–H groups in total. The molecule has 0 saturated carbocycles. The predicted octanol–water partition coefficient (Wildman–Crippen LogP) is 4.41. The molecule has 1 aromatic carbocycles. The van der Waals surface area contributed by atoms with Crippen molar-refractivity contribution < 1.29 is 17.0 Å². The maximum atomic E-state index is 4.89. The Morgan fingerprint density at radius 3 is 2.29 bits per heavy atom. The van der Waals surface area contributed by atoms with Gasteiger partial charge in [-0.1, -0.05) is 29.8 Å². The van der Waals surface area contributed by atoms with E-state index in [0.29, 0.717) is 0 Å². The van der Waals surface area contributed by atoms with E-state index in [1.54, 1.807) is 0 Å². The molecule has 0 heterocycles. The zero-order valence-corrected chi connectivity index (χ0v) is 11.3. The molecule has 0 aliphatic heterocycles. The summed E-state index contributed by atoms with van der Waals surface area (Å²) < 4.78 is 0. The van der Waals surface area contributed by atoms with Crippen molar-refractivity contribution >= 4 is 24.2 Å². The van der Waals surface area contributed by atoms with Crippen LogP contribution in [0.5, 0.6) is 0 Å². The van der Waals surface area contributed by atoms with Crippen LogP contribution in [0.4, 0.5) is 0 Å². The van der Waals surface area contributed by atoms with Crippen molar-refractivity contribution in [2.24, 2.45) is 0 Å². The first-order chi connectivity index (χ1) is 6.70. The van der Waals surface area contributed by atoms with Gasteiger partial charge in [0.2, 0.25) is 0 Å². The minimum absolute atomic E-state index is 0.556. The molecule has 0 saturated heterocycles. The fraction of sp³-hybridized carbons (Fsp3) is 0.273. The molecule has 3 heteroatoms. The standard InChI is InChI=1S/C11H12.2ClH.Ti/c1-8-7-10-5-3-4-6-11(10)9(8)2;;;/h3-6H,7H2,1-2H3;2*1H;/q;;;+2/p-2. The van der Waals surface area contributed by atoms with Gasteiger partial charge in [-0.25, -0.2) is 0 Å². The molecule has 0 amide bonds. The number of allylic oxidation sites excluding steroid dienone is 2. The van der Waals surface area contributed by atoms with Crippen LogP contribution in [-0.4, -0.2) is 0 Å². The summed E-state index contributed by atoms with van der Waals surface area (Å²) in [4.78, 5) is 0. The van der Waals surface area contributed by atoms with Crippen molar-refractivity contribution in [2.45, 2.75) is 20.3 Å². The second-order valence-electron chi connectivity index (χ2n) is 3.31. The Labute approximate surface area is 102 Å². The molecule has 0 fully saturated rings.